The molecule has 2 amide bonds. The fourth-order valence-corrected chi connectivity index (χ4v) is 2.89. The van der Waals surface area contributed by atoms with E-state index in [1.54, 1.807) is 7.05 Å². The number of thioether (sulfide) groups is 1. The molecule has 1 rings (SSSR count). The SMILES string of the molecule is CNC(=O)NCC1(SC)CCCCC1. The van der Waals surface area contributed by atoms with Gasteiger partial charge in [-0.2, -0.15) is 11.8 Å². The molecular weight excluding hydrogens is 196 g/mol. The number of amides is 2. The van der Waals surface area contributed by atoms with Crippen LogP contribution in [-0.2, 0) is 0 Å². The maximum absolute atomic E-state index is 11.1. The standard InChI is InChI=1S/C10H20N2OS/c1-11-9(13)12-8-10(14-2)6-4-3-5-7-10/h3-8H2,1-2H3,(H2,11,12,13). The molecule has 0 aromatic carbocycles. The van der Waals surface area contributed by atoms with E-state index in [-0.39, 0.29) is 6.03 Å². The van der Waals surface area contributed by atoms with Gasteiger partial charge in [0.1, 0.15) is 0 Å². The minimum Gasteiger partial charge on any atom is -0.341 e. The quantitative estimate of drug-likeness (QED) is 0.757. The van der Waals surface area contributed by atoms with Crippen LogP contribution in [0.1, 0.15) is 32.1 Å². The summed E-state index contributed by atoms with van der Waals surface area (Å²) in [6.07, 6.45) is 8.57. The molecule has 1 fully saturated rings. The fourth-order valence-electron chi connectivity index (χ4n) is 1.98. The molecule has 14 heavy (non-hydrogen) atoms. The number of carbonyl (C=O) groups excluding carboxylic acids is 1. The second-order valence-electron chi connectivity index (χ2n) is 3.88. The van der Waals surface area contributed by atoms with Gasteiger partial charge in [0, 0.05) is 18.3 Å². The molecule has 0 heterocycles. The third-order valence-corrected chi connectivity index (χ3v) is 4.41. The summed E-state index contributed by atoms with van der Waals surface area (Å²) in [5, 5.41) is 5.51. The first kappa shape index (κ1) is 11.7. The van der Waals surface area contributed by atoms with Crippen molar-refractivity contribution in [3.8, 4) is 0 Å². The van der Waals surface area contributed by atoms with E-state index in [1.807, 2.05) is 11.8 Å². The largest absolute Gasteiger partial charge is 0.341 e. The molecule has 82 valence electrons. The molecule has 0 atom stereocenters. The third kappa shape index (κ3) is 3.08. The Labute approximate surface area is 90.4 Å². The molecule has 0 radical (unpaired) electrons. The maximum atomic E-state index is 11.1. The smallest absolute Gasteiger partial charge is 0.314 e. The highest BCUT2D eigenvalue weighted by Gasteiger charge is 2.31. The van der Waals surface area contributed by atoms with Gasteiger partial charge in [0.2, 0.25) is 0 Å². The lowest BCUT2D eigenvalue weighted by Crippen LogP contribution is -2.44. The minimum atomic E-state index is -0.0657. The summed E-state index contributed by atoms with van der Waals surface area (Å²) >= 11 is 1.90. The van der Waals surface area contributed by atoms with Crippen LogP contribution in [-0.4, -0.2) is 30.6 Å². The molecule has 0 aromatic rings. The van der Waals surface area contributed by atoms with E-state index in [2.05, 4.69) is 16.9 Å². The van der Waals surface area contributed by atoms with Gasteiger partial charge in [0.05, 0.1) is 0 Å². The highest BCUT2D eigenvalue weighted by Crippen LogP contribution is 2.37. The first-order valence-corrected chi connectivity index (χ1v) is 6.46. The molecule has 0 aliphatic heterocycles. The van der Waals surface area contributed by atoms with Gasteiger partial charge in [-0.25, -0.2) is 4.79 Å². The highest BCUT2D eigenvalue weighted by atomic mass is 32.2. The molecule has 3 nitrogen and oxygen atoms in total. The van der Waals surface area contributed by atoms with Crippen molar-refractivity contribution in [1.82, 2.24) is 10.6 Å². The molecule has 1 saturated carbocycles. The first-order chi connectivity index (χ1) is 6.72. The molecule has 0 spiro atoms. The van der Waals surface area contributed by atoms with Gasteiger partial charge in [-0.15, -0.1) is 0 Å². The highest BCUT2D eigenvalue weighted by molar-refractivity contribution is 8.00. The van der Waals surface area contributed by atoms with Crippen LogP contribution in [0.15, 0.2) is 0 Å². The number of hydrogen-bond donors (Lipinski definition) is 2. The predicted octanol–water partition coefficient (Wildman–Crippen LogP) is 1.98. The number of rotatable bonds is 3. The van der Waals surface area contributed by atoms with Gasteiger partial charge in [-0.3, -0.25) is 0 Å². The Bertz CT molecular complexity index is 191. The second kappa shape index (κ2) is 5.49. The lowest BCUT2D eigenvalue weighted by atomic mass is 9.88. The summed E-state index contributed by atoms with van der Waals surface area (Å²) in [4.78, 5) is 11.1. The molecular formula is C10H20N2OS. The molecule has 0 unspecified atom stereocenters. The lowest BCUT2D eigenvalue weighted by molar-refractivity contribution is 0.240. The van der Waals surface area contributed by atoms with Crippen molar-refractivity contribution in [3.63, 3.8) is 0 Å². The predicted molar refractivity (Wildman–Crippen MR) is 61.8 cm³/mol. The van der Waals surface area contributed by atoms with E-state index < -0.39 is 0 Å². The summed E-state index contributed by atoms with van der Waals surface area (Å²) < 4.78 is 0.296. The van der Waals surface area contributed by atoms with Gasteiger partial charge >= 0.3 is 6.03 Å². The van der Waals surface area contributed by atoms with Crippen LogP contribution in [0.5, 0.6) is 0 Å². The third-order valence-electron chi connectivity index (χ3n) is 3.00. The van der Waals surface area contributed by atoms with Crippen LogP contribution in [0.25, 0.3) is 0 Å². The summed E-state index contributed by atoms with van der Waals surface area (Å²) in [6.45, 7) is 0.799. The van der Waals surface area contributed by atoms with Crippen molar-refractivity contribution in [2.75, 3.05) is 19.8 Å². The molecule has 0 saturated heterocycles. The Balaban J connectivity index is 2.39. The molecule has 2 N–H and O–H groups in total. The average Bonchev–Trinajstić information content (AvgIpc) is 2.27. The Kier molecular flexibility index (Phi) is 4.58. The van der Waals surface area contributed by atoms with Gasteiger partial charge in [-0.1, -0.05) is 19.3 Å². The minimum absolute atomic E-state index is 0.0657. The van der Waals surface area contributed by atoms with Crippen LogP contribution in [0, 0.1) is 0 Å². The van der Waals surface area contributed by atoms with E-state index in [0.717, 1.165) is 6.54 Å². The van der Waals surface area contributed by atoms with Crippen molar-refractivity contribution in [2.24, 2.45) is 0 Å². The van der Waals surface area contributed by atoms with E-state index in [1.165, 1.54) is 32.1 Å². The summed E-state index contributed by atoms with van der Waals surface area (Å²) in [7, 11) is 1.65. The van der Waals surface area contributed by atoms with Gasteiger partial charge in [-0.05, 0) is 19.1 Å². The van der Waals surface area contributed by atoms with Crippen molar-refractivity contribution < 1.29 is 4.79 Å². The topological polar surface area (TPSA) is 41.1 Å². The maximum Gasteiger partial charge on any atom is 0.314 e. The van der Waals surface area contributed by atoms with E-state index in [9.17, 15) is 4.79 Å². The monoisotopic (exact) mass is 216 g/mol. The molecule has 1 aliphatic rings. The van der Waals surface area contributed by atoms with Crippen molar-refractivity contribution in [3.05, 3.63) is 0 Å². The number of nitrogens with one attached hydrogen (secondary N) is 2. The van der Waals surface area contributed by atoms with Gasteiger partial charge < -0.3 is 10.6 Å². The van der Waals surface area contributed by atoms with Crippen molar-refractivity contribution in [1.29, 1.82) is 0 Å². The summed E-state index contributed by atoms with van der Waals surface area (Å²) in [5.74, 6) is 0. The van der Waals surface area contributed by atoms with E-state index >= 15 is 0 Å². The number of hydrogen-bond acceptors (Lipinski definition) is 2. The fraction of sp³-hybridized carbons (Fsp3) is 0.900. The Morgan fingerprint density at radius 1 is 1.36 bits per heavy atom. The van der Waals surface area contributed by atoms with Crippen LogP contribution in [0.2, 0.25) is 0 Å². The number of urea groups is 1. The van der Waals surface area contributed by atoms with Crippen LogP contribution < -0.4 is 10.6 Å². The van der Waals surface area contributed by atoms with E-state index in [4.69, 9.17) is 0 Å². The van der Waals surface area contributed by atoms with Crippen LogP contribution in [0.4, 0.5) is 4.79 Å². The Hall–Kier alpha value is -0.380. The zero-order valence-electron chi connectivity index (χ0n) is 9.06. The van der Waals surface area contributed by atoms with Crippen LogP contribution in [0.3, 0.4) is 0 Å². The Morgan fingerprint density at radius 2 is 2.00 bits per heavy atom. The van der Waals surface area contributed by atoms with Gasteiger partial charge in [0.15, 0.2) is 0 Å². The molecule has 4 heteroatoms. The van der Waals surface area contributed by atoms with Crippen molar-refractivity contribution in [2.45, 2.75) is 36.9 Å². The average molecular weight is 216 g/mol. The zero-order valence-corrected chi connectivity index (χ0v) is 9.88. The number of carbonyl (C=O) groups is 1. The lowest BCUT2D eigenvalue weighted by Gasteiger charge is -2.35. The van der Waals surface area contributed by atoms with E-state index in [0.29, 0.717) is 4.75 Å². The Morgan fingerprint density at radius 3 is 2.50 bits per heavy atom. The molecule has 0 aromatic heterocycles. The van der Waals surface area contributed by atoms with Crippen molar-refractivity contribution >= 4 is 17.8 Å². The van der Waals surface area contributed by atoms with Gasteiger partial charge in [0.25, 0.3) is 0 Å². The zero-order chi connectivity index (χ0) is 10.4. The summed E-state index contributed by atoms with van der Waals surface area (Å²) in [6, 6.07) is -0.0657. The summed E-state index contributed by atoms with van der Waals surface area (Å²) in [5.41, 5.74) is 0. The second-order valence-corrected chi connectivity index (χ2v) is 5.15. The molecule has 0 bridgehead atoms. The molecule has 1 aliphatic carbocycles. The normalized spacial score (nSPS) is 20.1. The first-order valence-electron chi connectivity index (χ1n) is 5.23. The van der Waals surface area contributed by atoms with Crippen LogP contribution >= 0.6 is 11.8 Å².